The summed E-state index contributed by atoms with van der Waals surface area (Å²) in [5.41, 5.74) is 4.13. The maximum atomic E-state index is 13.1. The molecule has 1 aromatic carbocycles. The molecule has 0 aliphatic heterocycles. The number of hydrogen-bond donors (Lipinski definition) is 1. The lowest BCUT2D eigenvalue weighted by Gasteiger charge is -2.17. The summed E-state index contributed by atoms with van der Waals surface area (Å²) in [6, 6.07) is 8.12. The van der Waals surface area contributed by atoms with Gasteiger partial charge < -0.3 is 14.3 Å². The predicted octanol–water partition coefficient (Wildman–Crippen LogP) is 5.25. The fourth-order valence-electron chi connectivity index (χ4n) is 3.34. The van der Waals surface area contributed by atoms with Crippen LogP contribution in [0.25, 0.3) is 11.4 Å². The SMILES string of the molecule is CCn1c(SC2(C(=O)Nc3ccc(C(C)C)cc3C)CC2)nnc1-c1ccoc1. The minimum atomic E-state index is -0.475. The van der Waals surface area contributed by atoms with Crippen LogP contribution in [-0.4, -0.2) is 25.4 Å². The molecule has 1 N–H and O–H groups in total. The number of amides is 1. The fourth-order valence-corrected chi connectivity index (χ4v) is 4.55. The van der Waals surface area contributed by atoms with Gasteiger partial charge in [0.1, 0.15) is 11.0 Å². The van der Waals surface area contributed by atoms with Crippen LogP contribution in [-0.2, 0) is 11.3 Å². The van der Waals surface area contributed by atoms with Gasteiger partial charge in [0.2, 0.25) is 5.91 Å². The third-order valence-corrected chi connectivity index (χ3v) is 6.85. The van der Waals surface area contributed by atoms with Crippen molar-refractivity contribution in [3.05, 3.63) is 47.9 Å². The van der Waals surface area contributed by atoms with Gasteiger partial charge >= 0.3 is 0 Å². The minimum absolute atomic E-state index is 0.0402. The van der Waals surface area contributed by atoms with Crippen molar-refractivity contribution < 1.29 is 9.21 Å². The molecule has 4 rings (SSSR count). The van der Waals surface area contributed by atoms with E-state index in [0.29, 0.717) is 5.92 Å². The zero-order valence-corrected chi connectivity index (χ0v) is 18.0. The van der Waals surface area contributed by atoms with E-state index in [1.807, 2.05) is 23.6 Å². The highest BCUT2D eigenvalue weighted by Gasteiger charge is 2.52. The molecule has 0 saturated heterocycles. The topological polar surface area (TPSA) is 73.0 Å². The maximum Gasteiger partial charge on any atom is 0.241 e. The third-order valence-electron chi connectivity index (χ3n) is 5.38. The molecule has 2 aromatic heterocycles. The van der Waals surface area contributed by atoms with Gasteiger partial charge in [-0.25, -0.2) is 0 Å². The molecule has 7 heteroatoms. The Morgan fingerprint density at radius 2 is 2.10 bits per heavy atom. The number of hydrogen-bond acceptors (Lipinski definition) is 5. The summed E-state index contributed by atoms with van der Waals surface area (Å²) >= 11 is 1.51. The molecule has 1 aliphatic rings. The first-order chi connectivity index (χ1) is 13.9. The Hall–Kier alpha value is -2.54. The molecule has 0 unspecified atom stereocenters. The molecule has 6 nitrogen and oxygen atoms in total. The highest BCUT2D eigenvalue weighted by atomic mass is 32.2. The summed E-state index contributed by atoms with van der Waals surface area (Å²) in [5.74, 6) is 1.27. The van der Waals surface area contributed by atoms with Crippen molar-refractivity contribution in [1.82, 2.24) is 14.8 Å². The second-order valence-electron chi connectivity index (χ2n) is 7.84. The first kappa shape index (κ1) is 19.8. The van der Waals surface area contributed by atoms with Crippen molar-refractivity contribution in [1.29, 1.82) is 0 Å². The summed E-state index contributed by atoms with van der Waals surface area (Å²) in [4.78, 5) is 13.1. The van der Waals surface area contributed by atoms with E-state index >= 15 is 0 Å². The molecule has 0 spiro atoms. The van der Waals surface area contributed by atoms with E-state index in [2.05, 4.69) is 48.4 Å². The lowest BCUT2D eigenvalue weighted by molar-refractivity contribution is -0.116. The van der Waals surface area contributed by atoms with E-state index in [1.54, 1.807) is 12.5 Å². The molecule has 3 aromatic rings. The Kier molecular flexibility index (Phi) is 5.25. The zero-order chi connectivity index (χ0) is 20.6. The van der Waals surface area contributed by atoms with Crippen LogP contribution in [0, 0.1) is 6.92 Å². The number of nitrogens with one attached hydrogen (secondary N) is 1. The smallest absolute Gasteiger partial charge is 0.241 e. The first-order valence-electron chi connectivity index (χ1n) is 10.0. The van der Waals surface area contributed by atoms with Gasteiger partial charge in [-0.2, -0.15) is 0 Å². The normalized spacial score (nSPS) is 14.9. The van der Waals surface area contributed by atoms with Crippen LogP contribution in [0.4, 0.5) is 5.69 Å². The lowest BCUT2D eigenvalue weighted by Crippen LogP contribution is -2.27. The average Bonchev–Trinajstić information content (AvgIpc) is 3.11. The summed E-state index contributed by atoms with van der Waals surface area (Å²) < 4.78 is 6.74. The Labute approximate surface area is 175 Å². The molecule has 2 heterocycles. The van der Waals surface area contributed by atoms with Gasteiger partial charge in [-0.1, -0.05) is 37.7 Å². The minimum Gasteiger partial charge on any atom is -0.472 e. The van der Waals surface area contributed by atoms with Crippen molar-refractivity contribution >= 4 is 23.4 Å². The number of rotatable bonds is 7. The largest absolute Gasteiger partial charge is 0.472 e. The summed E-state index contributed by atoms with van der Waals surface area (Å²) in [5, 5.41) is 12.6. The Morgan fingerprint density at radius 3 is 2.69 bits per heavy atom. The number of anilines is 1. The van der Waals surface area contributed by atoms with Crippen molar-refractivity contribution in [2.75, 3.05) is 5.32 Å². The highest BCUT2D eigenvalue weighted by Crippen LogP contribution is 2.52. The van der Waals surface area contributed by atoms with Crippen LogP contribution in [0.3, 0.4) is 0 Å². The zero-order valence-electron chi connectivity index (χ0n) is 17.2. The predicted molar refractivity (Wildman–Crippen MR) is 115 cm³/mol. The van der Waals surface area contributed by atoms with E-state index < -0.39 is 4.75 Å². The van der Waals surface area contributed by atoms with Crippen molar-refractivity contribution in [3.63, 3.8) is 0 Å². The van der Waals surface area contributed by atoms with Crippen LogP contribution in [0.15, 0.2) is 46.4 Å². The van der Waals surface area contributed by atoms with Crippen LogP contribution in [0.2, 0.25) is 0 Å². The van der Waals surface area contributed by atoms with E-state index in [0.717, 1.165) is 47.2 Å². The Balaban J connectivity index is 1.52. The fraction of sp³-hybridized carbons (Fsp3) is 0.409. The average molecular weight is 411 g/mol. The van der Waals surface area contributed by atoms with Gasteiger partial charge in [0.05, 0.1) is 11.8 Å². The number of nitrogens with zero attached hydrogens (tertiary/aromatic N) is 3. The van der Waals surface area contributed by atoms with Gasteiger partial charge in [-0.3, -0.25) is 4.79 Å². The molecular weight excluding hydrogens is 384 g/mol. The van der Waals surface area contributed by atoms with E-state index in [4.69, 9.17) is 4.42 Å². The molecule has 1 amide bonds. The second kappa shape index (κ2) is 7.71. The van der Waals surface area contributed by atoms with Crippen LogP contribution < -0.4 is 5.32 Å². The standard InChI is InChI=1S/C22H26N4O2S/c1-5-26-19(17-8-11-28-13-17)24-25-21(26)29-22(9-10-22)20(27)23-18-7-6-16(14(2)3)12-15(18)4/h6-8,11-14H,5,9-10H2,1-4H3,(H,23,27). The maximum absolute atomic E-state index is 13.1. The van der Waals surface area contributed by atoms with Crippen LogP contribution >= 0.6 is 11.8 Å². The number of benzene rings is 1. The molecule has 1 saturated carbocycles. The highest BCUT2D eigenvalue weighted by molar-refractivity contribution is 8.01. The van der Waals surface area contributed by atoms with Gasteiger partial charge in [0.15, 0.2) is 11.0 Å². The van der Waals surface area contributed by atoms with Gasteiger partial charge in [-0.15, -0.1) is 10.2 Å². The summed E-state index contributed by atoms with van der Waals surface area (Å²) in [6.07, 6.45) is 4.96. The van der Waals surface area contributed by atoms with Gasteiger partial charge in [0.25, 0.3) is 0 Å². The summed E-state index contributed by atoms with van der Waals surface area (Å²) in [6.45, 7) is 9.16. The molecule has 1 aliphatic carbocycles. The van der Waals surface area contributed by atoms with Crippen molar-refractivity contribution in [3.8, 4) is 11.4 Å². The molecule has 29 heavy (non-hydrogen) atoms. The van der Waals surface area contributed by atoms with Gasteiger partial charge in [0, 0.05) is 12.2 Å². The van der Waals surface area contributed by atoms with Crippen molar-refractivity contribution in [2.24, 2.45) is 0 Å². The van der Waals surface area contributed by atoms with E-state index in [9.17, 15) is 4.79 Å². The number of carbonyl (C=O) groups is 1. The molecule has 0 atom stereocenters. The monoisotopic (exact) mass is 410 g/mol. The third kappa shape index (κ3) is 3.83. The lowest BCUT2D eigenvalue weighted by atomic mass is 10.0. The number of thioether (sulfide) groups is 1. The second-order valence-corrected chi connectivity index (χ2v) is 9.19. The van der Waals surface area contributed by atoms with E-state index in [1.165, 1.54) is 17.3 Å². The molecule has 1 fully saturated rings. The number of aromatic nitrogens is 3. The number of furan rings is 1. The van der Waals surface area contributed by atoms with Crippen molar-refractivity contribution in [2.45, 2.75) is 62.9 Å². The molecule has 0 bridgehead atoms. The molecule has 152 valence electrons. The van der Waals surface area contributed by atoms with Crippen LogP contribution in [0.1, 0.15) is 50.7 Å². The number of carbonyl (C=O) groups excluding carboxylic acids is 1. The van der Waals surface area contributed by atoms with E-state index in [-0.39, 0.29) is 5.91 Å². The quantitative estimate of drug-likeness (QED) is 0.576. The molecular formula is C22H26N4O2S. The Morgan fingerprint density at radius 1 is 1.31 bits per heavy atom. The van der Waals surface area contributed by atoms with Crippen LogP contribution in [0.5, 0.6) is 0 Å². The first-order valence-corrected chi connectivity index (χ1v) is 10.8. The molecule has 0 radical (unpaired) electrons. The summed E-state index contributed by atoms with van der Waals surface area (Å²) in [7, 11) is 0. The van der Waals surface area contributed by atoms with Gasteiger partial charge in [-0.05, 0) is 55.9 Å². The Bertz CT molecular complexity index is 1020. The number of aryl methyl sites for hydroxylation is 1.